The summed E-state index contributed by atoms with van der Waals surface area (Å²) in [5.74, 6) is 0.980. The molecule has 1 aliphatic carbocycles. The molecule has 0 spiro atoms. The number of benzene rings is 1. The minimum atomic E-state index is 0.390. The van der Waals surface area contributed by atoms with Gasteiger partial charge in [-0.05, 0) is 43.5 Å². The van der Waals surface area contributed by atoms with Gasteiger partial charge in [-0.2, -0.15) is 0 Å². The molecule has 0 amide bonds. The summed E-state index contributed by atoms with van der Waals surface area (Å²) in [6.45, 7) is 2.92. The third kappa shape index (κ3) is 2.62. The van der Waals surface area contributed by atoms with Crippen LogP contribution in [0.1, 0.15) is 24.8 Å². The molecule has 0 radical (unpaired) electrons. The van der Waals surface area contributed by atoms with Gasteiger partial charge in [0, 0.05) is 15.2 Å². The van der Waals surface area contributed by atoms with E-state index < -0.39 is 0 Å². The largest absolute Gasteiger partial charge is 0.493 e. The summed E-state index contributed by atoms with van der Waals surface area (Å²) < 4.78 is 7.03. The molecule has 1 saturated carbocycles. The molecule has 1 aromatic rings. The van der Waals surface area contributed by atoms with Crippen LogP contribution < -0.4 is 4.74 Å². The molecule has 0 N–H and O–H groups in total. The molecule has 0 heterocycles. The molecule has 3 heteroatoms. The van der Waals surface area contributed by atoms with Crippen LogP contribution in [0.25, 0.3) is 0 Å². The molecule has 1 aromatic carbocycles. The Morgan fingerprint density at radius 2 is 2.12 bits per heavy atom. The maximum absolute atomic E-state index is 5.89. The molecule has 0 atom stereocenters. The van der Waals surface area contributed by atoms with Gasteiger partial charge in [0.1, 0.15) is 5.75 Å². The molecule has 16 heavy (non-hydrogen) atoms. The number of hydrogen-bond acceptors (Lipinski definition) is 1. The molecule has 1 nitrogen and oxygen atoms in total. The van der Waals surface area contributed by atoms with Crippen molar-refractivity contribution >= 4 is 31.9 Å². The van der Waals surface area contributed by atoms with Gasteiger partial charge in [-0.15, -0.1) is 0 Å². The number of rotatable bonds is 4. The molecule has 1 fully saturated rings. The Balaban J connectivity index is 1.96. The van der Waals surface area contributed by atoms with Crippen LogP contribution in [0.15, 0.2) is 22.7 Å². The van der Waals surface area contributed by atoms with Gasteiger partial charge in [-0.25, -0.2) is 0 Å². The molecule has 2 rings (SSSR count). The third-order valence-corrected chi connectivity index (χ3v) is 5.45. The van der Waals surface area contributed by atoms with Crippen LogP contribution in [-0.4, -0.2) is 11.9 Å². The fourth-order valence-corrected chi connectivity index (χ4v) is 2.91. The second kappa shape index (κ2) is 5.09. The first kappa shape index (κ1) is 12.4. The van der Waals surface area contributed by atoms with Crippen LogP contribution in [0.2, 0.25) is 0 Å². The van der Waals surface area contributed by atoms with E-state index in [-0.39, 0.29) is 0 Å². The SMILES string of the molecule is Cc1cc(OCC2(CBr)CCC2)ccc1Br. The Morgan fingerprint density at radius 3 is 2.62 bits per heavy atom. The third-order valence-electron chi connectivity index (χ3n) is 3.37. The van der Waals surface area contributed by atoms with Gasteiger partial charge in [-0.3, -0.25) is 0 Å². The van der Waals surface area contributed by atoms with Gasteiger partial charge in [0.2, 0.25) is 0 Å². The average Bonchev–Trinajstić information content (AvgIpc) is 2.22. The summed E-state index contributed by atoms with van der Waals surface area (Å²) in [6, 6.07) is 6.16. The minimum Gasteiger partial charge on any atom is -0.493 e. The van der Waals surface area contributed by atoms with Gasteiger partial charge < -0.3 is 4.74 Å². The average molecular weight is 348 g/mol. The van der Waals surface area contributed by atoms with Crippen LogP contribution in [0, 0.1) is 12.3 Å². The van der Waals surface area contributed by atoms with Crippen LogP contribution in [0.4, 0.5) is 0 Å². The van der Waals surface area contributed by atoms with Gasteiger partial charge in [0.15, 0.2) is 0 Å². The summed E-state index contributed by atoms with van der Waals surface area (Å²) in [7, 11) is 0. The Hall–Kier alpha value is -0.0200. The van der Waals surface area contributed by atoms with E-state index in [4.69, 9.17) is 4.74 Å². The Kier molecular flexibility index (Phi) is 3.96. The summed E-state index contributed by atoms with van der Waals surface area (Å²) in [6.07, 6.45) is 3.91. The van der Waals surface area contributed by atoms with Crippen molar-refractivity contribution in [3.05, 3.63) is 28.2 Å². The Labute approximate surface area is 114 Å². The first-order valence-corrected chi connectivity index (χ1v) is 7.52. The minimum absolute atomic E-state index is 0.390. The highest BCUT2D eigenvalue weighted by molar-refractivity contribution is 9.10. The van der Waals surface area contributed by atoms with Crippen molar-refractivity contribution in [3.63, 3.8) is 0 Å². The van der Waals surface area contributed by atoms with Crippen molar-refractivity contribution in [2.24, 2.45) is 5.41 Å². The molecule has 0 bridgehead atoms. The number of aryl methyl sites for hydroxylation is 1. The normalized spacial score (nSPS) is 17.9. The lowest BCUT2D eigenvalue weighted by Gasteiger charge is -2.39. The zero-order valence-electron chi connectivity index (χ0n) is 9.43. The molecular formula is C13H16Br2O. The molecule has 0 aliphatic heterocycles. The maximum atomic E-state index is 5.89. The Bertz CT molecular complexity index is 367. The Morgan fingerprint density at radius 1 is 1.38 bits per heavy atom. The predicted molar refractivity (Wildman–Crippen MR) is 74.5 cm³/mol. The quantitative estimate of drug-likeness (QED) is 0.717. The highest BCUT2D eigenvalue weighted by Crippen LogP contribution is 2.42. The summed E-state index contributed by atoms with van der Waals surface area (Å²) >= 11 is 7.09. The summed E-state index contributed by atoms with van der Waals surface area (Å²) in [5.41, 5.74) is 1.61. The summed E-state index contributed by atoms with van der Waals surface area (Å²) in [5, 5.41) is 1.05. The molecule has 0 saturated heterocycles. The van der Waals surface area contributed by atoms with Crippen molar-refractivity contribution in [2.45, 2.75) is 26.2 Å². The van der Waals surface area contributed by atoms with E-state index in [1.807, 2.05) is 12.1 Å². The fourth-order valence-electron chi connectivity index (χ4n) is 1.94. The molecule has 88 valence electrons. The van der Waals surface area contributed by atoms with Crippen molar-refractivity contribution in [3.8, 4) is 5.75 Å². The first-order chi connectivity index (χ1) is 7.65. The van der Waals surface area contributed by atoms with E-state index in [0.29, 0.717) is 5.41 Å². The maximum Gasteiger partial charge on any atom is 0.119 e. The van der Waals surface area contributed by atoms with Crippen molar-refractivity contribution < 1.29 is 4.74 Å². The molecule has 0 aromatic heterocycles. The molecule has 1 aliphatic rings. The second-order valence-electron chi connectivity index (χ2n) is 4.69. The van der Waals surface area contributed by atoms with E-state index in [9.17, 15) is 0 Å². The standard InChI is InChI=1S/C13H16Br2O/c1-10-7-11(3-4-12(10)15)16-9-13(8-14)5-2-6-13/h3-4,7H,2,5-6,8-9H2,1H3. The second-order valence-corrected chi connectivity index (χ2v) is 6.10. The topological polar surface area (TPSA) is 9.23 Å². The van der Waals surface area contributed by atoms with Crippen molar-refractivity contribution in [2.75, 3.05) is 11.9 Å². The lowest BCUT2D eigenvalue weighted by Crippen LogP contribution is -2.37. The number of alkyl halides is 1. The highest BCUT2D eigenvalue weighted by Gasteiger charge is 2.36. The van der Waals surface area contributed by atoms with E-state index in [1.54, 1.807) is 0 Å². The van der Waals surface area contributed by atoms with Crippen LogP contribution >= 0.6 is 31.9 Å². The lowest BCUT2D eigenvalue weighted by molar-refractivity contribution is 0.0838. The zero-order valence-corrected chi connectivity index (χ0v) is 12.6. The van der Waals surface area contributed by atoms with Gasteiger partial charge in [0.05, 0.1) is 6.61 Å². The molecule has 0 unspecified atom stereocenters. The van der Waals surface area contributed by atoms with Crippen LogP contribution in [0.3, 0.4) is 0 Å². The van der Waals surface area contributed by atoms with Crippen molar-refractivity contribution in [1.82, 2.24) is 0 Å². The van der Waals surface area contributed by atoms with E-state index in [1.165, 1.54) is 24.8 Å². The van der Waals surface area contributed by atoms with Crippen molar-refractivity contribution in [1.29, 1.82) is 0 Å². The fraction of sp³-hybridized carbons (Fsp3) is 0.538. The predicted octanol–water partition coefficient (Wildman–Crippen LogP) is 4.70. The lowest BCUT2D eigenvalue weighted by atomic mass is 9.71. The van der Waals surface area contributed by atoms with E-state index in [0.717, 1.165) is 22.2 Å². The smallest absolute Gasteiger partial charge is 0.119 e. The highest BCUT2D eigenvalue weighted by atomic mass is 79.9. The van der Waals surface area contributed by atoms with Crippen LogP contribution in [-0.2, 0) is 0 Å². The van der Waals surface area contributed by atoms with E-state index in [2.05, 4.69) is 44.8 Å². The monoisotopic (exact) mass is 346 g/mol. The number of hydrogen-bond donors (Lipinski definition) is 0. The molecular weight excluding hydrogens is 332 g/mol. The van der Waals surface area contributed by atoms with E-state index >= 15 is 0 Å². The van der Waals surface area contributed by atoms with Gasteiger partial charge in [0.25, 0.3) is 0 Å². The summed E-state index contributed by atoms with van der Waals surface area (Å²) in [4.78, 5) is 0. The van der Waals surface area contributed by atoms with Gasteiger partial charge >= 0.3 is 0 Å². The van der Waals surface area contributed by atoms with Crippen LogP contribution in [0.5, 0.6) is 5.75 Å². The number of halogens is 2. The first-order valence-electron chi connectivity index (χ1n) is 5.60. The number of ether oxygens (including phenoxy) is 1. The zero-order chi connectivity index (χ0) is 11.6. The van der Waals surface area contributed by atoms with Gasteiger partial charge in [-0.1, -0.05) is 38.3 Å².